The van der Waals surface area contributed by atoms with Crippen LogP contribution in [0.25, 0.3) is 0 Å². The summed E-state index contributed by atoms with van der Waals surface area (Å²) >= 11 is 5.44. The topological polar surface area (TPSA) is 35.0 Å². The predicted octanol–water partition coefficient (Wildman–Crippen LogP) is 0.939. The second-order valence-corrected chi connectivity index (χ2v) is 1.65. The maximum Gasteiger partial charge on any atom is 0.317 e. The lowest BCUT2D eigenvalue weighted by Crippen LogP contribution is -1.89. The van der Waals surface area contributed by atoms with Crippen LogP contribution in [-0.2, 0) is 0 Å². The van der Waals surface area contributed by atoms with Crippen molar-refractivity contribution >= 4 is 11.6 Å². The molecule has 0 N–H and O–H groups in total. The predicted molar refractivity (Wildman–Crippen MR) is 32.4 cm³/mol. The van der Waals surface area contributed by atoms with Crippen LogP contribution < -0.4 is 4.74 Å². The zero-order valence-electron chi connectivity index (χ0n) is 4.76. The van der Waals surface area contributed by atoms with Crippen molar-refractivity contribution < 1.29 is 4.74 Å². The van der Waals surface area contributed by atoms with Gasteiger partial charge in [0.15, 0.2) is 0 Å². The van der Waals surface area contributed by atoms with E-state index in [2.05, 4.69) is 20.8 Å². The van der Waals surface area contributed by atoms with E-state index in [9.17, 15) is 0 Å². The lowest BCUT2D eigenvalue weighted by Gasteiger charge is -1.93. The van der Waals surface area contributed by atoms with Gasteiger partial charge in [0.05, 0.1) is 7.11 Å². The SMILES string of the molecule is COc1nc[c]c(Cl)n1. The zero-order valence-corrected chi connectivity index (χ0v) is 5.51. The molecule has 1 rings (SSSR count). The molecule has 47 valence electrons. The van der Waals surface area contributed by atoms with E-state index in [1.165, 1.54) is 13.3 Å². The first-order valence-corrected chi connectivity index (χ1v) is 2.65. The van der Waals surface area contributed by atoms with Crippen molar-refractivity contribution in [1.29, 1.82) is 0 Å². The summed E-state index contributed by atoms with van der Waals surface area (Å²) in [6.07, 6.45) is 1.41. The molecule has 9 heavy (non-hydrogen) atoms. The Morgan fingerprint density at radius 1 is 1.78 bits per heavy atom. The third-order valence-electron chi connectivity index (χ3n) is 0.735. The van der Waals surface area contributed by atoms with E-state index in [1.807, 2.05) is 0 Å². The summed E-state index contributed by atoms with van der Waals surface area (Å²) in [5.74, 6) is 0. The van der Waals surface area contributed by atoms with Gasteiger partial charge in [-0.3, -0.25) is 0 Å². The molecular weight excluding hydrogens is 140 g/mol. The van der Waals surface area contributed by atoms with E-state index in [0.29, 0.717) is 0 Å². The van der Waals surface area contributed by atoms with Crippen molar-refractivity contribution in [2.45, 2.75) is 0 Å². The van der Waals surface area contributed by atoms with Gasteiger partial charge in [0, 0.05) is 12.3 Å². The Morgan fingerprint density at radius 2 is 2.56 bits per heavy atom. The molecule has 1 heterocycles. The summed E-state index contributed by atoms with van der Waals surface area (Å²) in [5, 5.41) is 0.266. The number of ether oxygens (including phenoxy) is 1. The summed E-state index contributed by atoms with van der Waals surface area (Å²) in [6, 6.07) is 2.83. The first-order valence-electron chi connectivity index (χ1n) is 2.27. The molecule has 1 radical (unpaired) electrons. The standard InChI is InChI=1S/C5H4ClN2O/c1-9-5-7-3-2-4(6)8-5/h3H,1H3. The van der Waals surface area contributed by atoms with Crippen LogP contribution in [0, 0.1) is 6.07 Å². The minimum Gasteiger partial charge on any atom is -0.467 e. The summed E-state index contributed by atoms with van der Waals surface area (Å²) < 4.78 is 4.67. The van der Waals surface area contributed by atoms with E-state index in [1.54, 1.807) is 0 Å². The van der Waals surface area contributed by atoms with Gasteiger partial charge in [0.25, 0.3) is 0 Å². The van der Waals surface area contributed by atoms with Crippen LogP contribution in [-0.4, -0.2) is 17.1 Å². The van der Waals surface area contributed by atoms with Crippen LogP contribution >= 0.6 is 11.6 Å². The largest absolute Gasteiger partial charge is 0.467 e. The molecule has 0 bridgehead atoms. The highest BCUT2D eigenvalue weighted by molar-refractivity contribution is 6.29. The average molecular weight is 144 g/mol. The van der Waals surface area contributed by atoms with Gasteiger partial charge in [-0.1, -0.05) is 11.6 Å². The Labute approximate surface area is 57.7 Å². The Balaban J connectivity index is 2.94. The van der Waals surface area contributed by atoms with Gasteiger partial charge in [-0.25, -0.2) is 4.98 Å². The molecule has 0 amide bonds. The molecule has 0 aliphatic carbocycles. The average Bonchev–Trinajstić information content (AvgIpc) is 1.88. The van der Waals surface area contributed by atoms with Crippen molar-refractivity contribution in [2.24, 2.45) is 0 Å². The van der Waals surface area contributed by atoms with Gasteiger partial charge in [-0.2, -0.15) is 4.98 Å². The summed E-state index contributed by atoms with van der Waals surface area (Å²) in [6.45, 7) is 0. The highest BCUT2D eigenvalue weighted by Crippen LogP contribution is 2.05. The Hall–Kier alpha value is -0.830. The molecule has 3 nitrogen and oxygen atoms in total. The Morgan fingerprint density at radius 3 is 3.00 bits per heavy atom. The van der Waals surface area contributed by atoms with Crippen molar-refractivity contribution in [3.63, 3.8) is 0 Å². The summed E-state index contributed by atoms with van der Waals surface area (Å²) in [7, 11) is 1.48. The number of hydrogen-bond donors (Lipinski definition) is 0. The van der Waals surface area contributed by atoms with Crippen LogP contribution in [0.4, 0.5) is 0 Å². The van der Waals surface area contributed by atoms with Crippen LogP contribution in [0.2, 0.25) is 5.15 Å². The van der Waals surface area contributed by atoms with Gasteiger partial charge in [0.1, 0.15) is 5.15 Å². The number of hydrogen-bond acceptors (Lipinski definition) is 3. The molecule has 0 fully saturated rings. The molecule has 1 aromatic rings. The molecule has 1 aromatic heterocycles. The lowest BCUT2D eigenvalue weighted by molar-refractivity contribution is 0.379. The monoisotopic (exact) mass is 143 g/mol. The van der Waals surface area contributed by atoms with Crippen molar-refractivity contribution in [3.05, 3.63) is 17.4 Å². The highest BCUT2D eigenvalue weighted by Gasteiger charge is 1.92. The van der Waals surface area contributed by atoms with Crippen molar-refractivity contribution in [1.82, 2.24) is 9.97 Å². The normalized spacial score (nSPS) is 9.11. The summed E-state index contributed by atoms with van der Waals surface area (Å²) in [5.41, 5.74) is 0. The summed E-state index contributed by atoms with van der Waals surface area (Å²) in [4.78, 5) is 7.35. The zero-order chi connectivity index (χ0) is 6.69. The van der Waals surface area contributed by atoms with Crippen LogP contribution in [0.5, 0.6) is 6.01 Å². The third-order valence-corrected chi connectivity index (χ3v) is 0.929. The highest BCUT2D eigenvalue weighted by atomic mass is 35.5. The van der Waals surface area contributed by atoms with Crippen LogP contribution in [0.1, 0.15) is 0 Å². The first kappa shape index (κ1) is 6.29. The first-order chi connectivity index (χ1) is 4.33. The number of halogens is 1. The fraction of sp³-hybridized carbons (Fsp3) is 0.200. The number of rotatable bonds is 1. The molecule has 0 atom stereocenters. The van der Waals surface area contributed by atoms with Crippen LogP contribution in [0.3, 0.4) is 0 Å². The van der Waals surface area contributed by atoms with E-state index >= 15 is 0 Å². The van der Waals surface area contributed by atoms with E-state index < -0.39 is 0 Å². The maximum atomic E-state index is 5.44. The molecule has 0 unspecified atom stereocenters. The van der Waals surface area contributed by atoms with Crippen molar-refractivity contribution in [3.8, 4) is 6.01 Å². The van der Waals surface area contributed by atoms with E-state index in [-0.39, 0.29) is 11.2 Å². The quantitative estimate of drug-likeness (QED) is 0.549. The van der Waals surface area contributed by atoms with E-state index in [0.717, 1.165) is 0 Å². The van der Waals surface area contributed by atoms with Crippen LogP contribution in [0.15, 0.2) is 6.20 Å². The minimum atomic E-state index is 0.263. The Bertz CT molecular complexity index is 204. The van der Waals surface area contributed by atoms with Gasteiger partial charge in [-0.15, -0.1) is 0 Å². The second kappa shape index (κ2) is 2.64. The maximum absolute atomic E-state index is 5.44. The molecule has 0 aliphatic heterocycles. The van der Waals surface area contributed by atoms with Crippen molar-refractivity contribution in [2.75, 3.05) is 7.11 Å². The molecule has 0 saturated heterocycles. The van der Waals surface area contributed by atoms with Gasteiger partial charge >= 0.3 is 6.01 Å². The third kappa shape index (κ3) is 1.54. The Kier molecular flexibility index (Phi) is 1.85. The van der Waals surface area contributed by atoms with Gasteiger partial charge < -0.3 is 4.74 Å². The number of nitrogens with zero attached hydrogens (tertiary/aromatic N) is 2. The van der Waals surface area contributed by atoms with Gasteiger partial charge in [0.2, 0.25) is 0 Å². The molecule has 0 spiro atoms. The number of aromatic nitrogens is 2. The second-order valence-electron chi connectivity index (χ2n) is 1.29. The molecular formula is C5H4ClN2O. The molecule has 0 saturated carbocycles. The molecule has 0 aromatic carbocycles. The molecule has 4 heteroatoms. The minimum absolute atomic E-state index is 0.263. The van der Waals surface area contributed by atoms with Gasteiger partial charge in [-0.05, 0) is 0 Å². The number of methoxy groups -OCH3 is 1. The van der Waals surface area contributed by atoms with E-state index in [4.69, 9.17) is 11.6 Å². The fourth-order valence-electron chi connectivity index (χ4n) is 0.384. The smallest absolute Gasteiger partial charge is 0.317 e. The molecule has 0 aliphatic rings. The fourth-order valence-corrected chi connectivity index (χ4v) is 0.505. The lowest BCUT2D eigenvalue weighted by atomic mass is 10.7.